The number of nitrogens with zero attached hydrogens (tertiary/aromatic N) is 1. The van der Waals surface area contributed by atoms with Crippen molar-refractivity contribution < 1.29 is 9.90 Å². The Balaban J connectivity index is 2.20. The number of benzene rings is 2. The van der Waals surface area contributed by atoms with Crippen LogP contribution in [0.3, 0.4) is 0 Å². The van der Waals surface area contributed by atoms with Gasteiger partial charge in [0, 0.05) is 35.6 Å². The summed E-state index contributed by atoms with van der Waals surface area (Å²) in [4.78, 5) is 14.3. The second-order valence-electron chi connectivity index (χ2n) is 4.84. The summed E-state index contributed by atoms with van der Waals surface area (Å²) in [5.74, 6) is -0.408. The molecule has 2 aromatic rings. The summed E-state index contributed by atoms with van der Waals surface area (Å²) >= 11 is 5.89. The predicted octanol–water partition coefficient (Wildman–Crippen LogP) is 4.14. The number of halogens is 1. The van der Waals surface area contributed by atoms with Crippen LogP contribution in [0.1, 0.15) is 24.2 Å². The first kappa shape index (κ1) is 16.2. The normalized spacial score (nSPS) is 10.3. The molecule has 4 nitrogen and oxygen atoms in total. The molecule has 2 aromatic carbocycles. The topological polar surface area (TPSA) is 52.6 Å². The smallest absolute Gasteiger partial charge is 0.259 e. The Hall–Kier alpha value is -2.20. The van der Waals surface area contributed by atoms with Gasteiger partial charge in [-0.3, -0.25) is 4.79 Å². The van der Waals surface area contributed by atoms with Gasteiger partial charge >= 0.3 is 0 Å². The molecule has 0 aromatic heterocycles. The Bertz CT molecular complexity index is 669. The zero-order chi connectivity index (χ0) is 16.1. The number of rotatable bonds is 5. The van der Waals surface area contributed by atoms with Crippen LogP contribution in [0.15, 0.2) is 42.5 Å². The molecule has 0 unspecified atom stereocenters. The molecule has 0 atom stereocenters. The fourth-order valence-corrected chi connectivity index (χ4v) is 2.45. The van der Waals surface area contributed by atoms with Gasteiger partial charge in [-0.05, 0) is 44.2 Å². The number of hydrogen-bond acceptors (Lipinski definition) is 3. The van der Waals surface area contributed by atoms with Crippen LogP contribution in [0.2, 0.25) is 5.02 Å². The molecule has 22 heavy (non-hydrogen) atoms. The van der Waals surface area contributed by atoms with Crippen molar-refractivity contribution in [3.8, 4) is 5.75 Å². The molecule has 1 amide bonds. The molecule has 0 aliphatic heterocycles. The minimum atomic E-state index is -0.370. The van der Waals surface area contributed by atoms with E-state index in [1.54, 1.807) is 36.4 Å². The maximum absolute atomic E-state index is 12.2. The van der Waals surface area contributed by atoms with E-state index in [0.29, 0.717) is 10.7 Å². The molecule has 2 N–H and O–H groups in total. The monoisotopic (exact) mass is 318 g/mol. The Labute approximate surface area is 135 Å². The van der Waals surface area contributed by atoms with Crippen LogP contribution in [0, 0.1) is 0 Å². The molecule has 0 saturated heterocycles. The van der Waals surface area contributed by atoms with Crippen molar-refractivity contribution >= 4 is 28.9 Å². The minimum absolute atomic E-state index is 0.0380. The molecule has 0 saturated carbocycles. The highest BCUT2D eigenvalue weighted by Gasteiger charge is 2.13. The van der Waals surface area contributed by atoms with E-state index in [1.165, 1.54) is 0 Å². The number of amides is 1. The van der Waals surface area contributed by atoms with E-state index in [0.717, 1.165) is 18.8 Å². The lowest BCUT2D eigenvalue weighted by Gasteiger charge is -2.21. The van der Waals surface area contributed by atoms with Crippen LogP contribution in [0.5, 0.6) is 5.75 Å². The van der Waals surface area contributed by atoms with Gasteiger partial charge in [0.1, 0.15) is 5.75 Å². The molecule has 0 radical (unpaired) electrons. The summed E-state index contributed by atoms with van der Waals surface area (Å²) in [6.45, 7) is 5.76. The van der Waals surface area contributed by atoms with Gasteiger partial charge in [-0.15, -0.1) is 0 Å². The maximum Gasteiger partial charge on any atom is 0.259 e. The van der Waals surface area contributed by atoms with Crippen molar-refractivity contribution in [2.45, 2.75) is 13.8 Å². The first-order chi connectivity index (χ1) is 10.5. The van der Waals surface area contributed by atoms with E-state index in [4.69, 9.17) is 11.6 Å². The summed E-state index contributed by atoms with van der Waals surface area (Å²) in [6.07, 6.45) is 0. The minimum Gasteiger partial charge on any atom is -0.507 e. The molecule has 0 aliphatic carbocycles. The molecule has 0 fully saturated rings. The van der Waals surface area contributed by atoms with Crippen LogP contribution in [0.25, 0.3) is 0 Å². The van der Waals surface area contributed by atoms with Gasteiger partial charge in [-0.1, -0.05) is 17.7 Å². The lowest BCUT2D eigenvalue weighted by molar-refractivity contribution is 0.102. The average Bonchev–Trinajstić information content (AvgIpc) is 2.48. The van der Waals surface area contributed by atoms with Gasteiger partial charge in [0.05, 0.1) is 5.56 Å². The second-order valence-corrected chi connectivity index (χ2v) is 5.27. The molecule has 0 aliphatic rings. The van der Waals surface area contributed by atoms with Crippen LogP contribution in [-0.4, -0.2) is 24.1 Å². The van der Waals surface area contributed by atoms with Crippen molar-refractivity contribution in [1.82, 2.24) is 0 Å². The second kappa shape index (κ2) is 7.18. The van der Waals surface area contributed by atoms with E-state index < -0.39 is 0 Å². The van der Waals surface area contributed by atoms with E-state index in [1.807, 2.05) is 19.9 Å². The van der Waals surface area contributed by atoms with Gasteiger partial charge in [0.15, 0.2) is 0 Å². The summed E-state index contributed by atoms with van der Waals surface area (Å²) in [6, 6.07) is 11.9. The quantitative estimate of drug-likeness (QED) is 0.871. The van der Waals surface area contributed by atoms with Crippen LogP contribution in [-0.2, 0) is 0 Å². The summed E-state index contributed by atoms with van der Waals surface area (Å²) < 4.78 is 0. The highest BCUT2D eigenvalue weighted by atomic mass is 35.5. The lowest BCUT2D eigenvalue weighted by Crippen LogP contribution is -2.22. The fourth-order valence-electron chi connectivity index (χ4n) is 2.26. The maximum atomic E-state index is 12.2. The Kier molecular flexibility index (Phi) is 5.28. The highest BCUT2D eigenvalue weighted by Crippen LogP contribution is 2.26. The van der Waals surface area contributed by atoms with Crippen molar-refractivity contribution in [3.05, 3.63) is 53.1 Å². The van der Waals surface area contributed by atoms with Crippen molar-refractivity contribution in [1.29, 1.82) is 0 Å². The Morgan fingerprint density at radius 2 is 1.91 bits per heavy atom. The standard InChI is InChI=1S/C17H19ClN2O2/c1-3-20(4-2)14-8-9-15(16(21)11-14)17(22)19-13-7-5-6-12(18)10-13/h5-11,21H,3-4H2,1-2H3,(H,19,22). The van der Waals surface area contributed by atoms with E-state index in [2.05, 4.69) is 10.2 Å². The number of phenols is 1. The molecular weight excluding hydrogens is 300 g/mol. The summed E-state index contributed by atoms with van der Waals surface area (Å²) in [7, 11) is 0. The van der Waals surface area contributed by atoms with Gasteiger partial charge in [-0.25, -0.2) is 0 Å². The van der Waals surface area contributed by atoms with Crippen LogP contribution in [0.4, 0.5) is 11.4 Å². The zero-order valence-corrected chi connectivity index (χ0v) is 13.4. The molecular formula is C17H19ClN2O2. The predicted molar refractivity (Wildman–Crippen MR) is 91.1 cm³/mol. The third kappa shape index (κ3) is 3.71. The lowest BCUT2D eigenvalue weighted by atomic mass is 10.1. The third-order valence-electron chi connectivity index (χ3n) is 3.44. The van der Waals surface area contributed by atoms with E-state index >= 15 is 0 Å². The highest BCUT2D eigenvalue weighted by molar-refractivity contribution is 6.31. The number of aromatic hydroxyl groups is 1. The number of phenolic OH excluding ortho intramolecular Hbond substituents is 1. The first-order valence-corrected chi connectivity index (χ1v) is 7.57. The Morgan fingerprint density at radius 3 is 2.50 bits per heavy atom. The van der Waals surface area contributed by atoms with Crippen molar-refractivity contribution in [2.24, 2.45) is 0 Å². The van der Waals surface area contributed by atoms with Crippen LogP contribution < -0.4 is 10.2 Å². The molecule has 0 heterocycles. The molecule has 0 bridgehead atoms. The van der Waals surface area contributed by atoms with Gasteiger partial charge in [0.25, 0.3) is 5.91 Å². The fraction of sp³-hybridized carbons (Fsp3) is 0.235. The van der Waals surface area contributed by atoms with Gasteiger partial charge in [0.2, 0.25) is 0 Å². The van der Waals surface area contributed by atoms with Crippen molar-refractivity contribution in [2.75, 3.05) is 23.3 Å². The molecule has 0 spiro atoms. The Morgan fingerprint density at radius 1 is 1.18 bits per heavy atom. The SMILES string of the molecule is CCN(CC)c1ccc(C(=O)Nc2cccc(Cl)c2)c(O)c1. The molecule has 2 rings (SSSR count). The largest absolute Gasteiger partial charge is 0.507 e. The van der Waals surface area contributed by atoms with Crippen molar-refractivity contribution in [3.63, 3.8) is 0 Å². The van der Waals surface area contributed by atoms with Gasteiger partial charge < -0.3 is 15.3 Å². The first-order valence-electron chi connectivity index (χ1n) is 7.20. The average molecular weight is 319 g/mol. The van der Waals surface area contributed by atoms with E-state index in [9.17, 15) is 9.90 Å². The van der Waals surface area contributed by atoms with Gasteiger partial charge in [-0.2, -0.15) is 0 Å². The number of hydrogen-bond donors (Lipinski definition) is 2. The zero-order valence-electron chi connectivity index (χ0n) is 12.6. The molecule has 116 valence electrons. The van der Waals surface area contributed by atoms with E-state index in [-0.39, 0.29) is 17.2 Å². The number of anilines is 2. The molecule has 5 heteroatoms. The number of carbonyl (C=O) groups excluding carboxylic acids is 1. The number of nitrogens with one attached hydrogen (secondary N) is 1. The summed E-state index contributed by atoms with van der Waals surface area (Å²) in [5, 5.41) is 13.4. The summed E-state index contributed by atoms with van der Waals surface area (Å²) in [5.41, 5.74) is 1.71. The number of carbonyl (C=O) groups is 1. The third-order valence-corrected chi connectivity index (χ3v) is 3.67. The van der Waals surface area contributed by atoms with Crippen LogP contribution >= 0.6 is 11.6 Å².